The number of benzene rings is 2. The normalized spacial score (nSPS) is 16.7. The summed E-state index contributed by atoms with van der Waals surface area (Å²) in [6.07, 6.45) is 3.43. The van der Waals surface area contributed by atoms with E-state index in [2.05, 4.69) is 0 Å². The van der Waals surface area contributed by atoms with E-state index in [4.69, 9.17) is 21.1 Å². The minimum atomic E-state index is -0.568. The lowest BCUT2D eigenvalue weighted by atomic mass is 10.1. The Kier molecular flexibility index (Phi) is 8.58. The van der Waals surface area contributed by atoms with Crippen LogP contribution in [-0.4, -0.2) is 59.1 Å². The number of esters is 1. The molecular formula is C25H22ClIN2O6S. The van der Waals surface area contributed by atoms with Crippen molar-refractivity contribution in [2.75, 3.05) is 26.2 Å². The zero-order valence-corrected chi connectivity index (χ0v) is 23.0. The van der Waals surface area contributed by atoms with E-state index in [1.54, 1.807) is 54.3 Å². The van der Waals surface area contributed by atoms with Gasteiger partial charge in [-0.1, -0.05) is 11.6 Å². The van der Waals surface area contributed by atoms with Crippen molar-refractivity contribution in [1.29, 1.82) is 0 Å². The molecule has 2 heterocycles. The smallest absolute Gasteiger partial charge is 0.343 e. The molecule has 0 unspecified atom stereocenters. The maximum atomic E-state index is 12.9. The predicted octanol–water partition coefficient (Wildman–Crippen LogP) is 5.22. The molecule has 2 aliphatic heterocycles. The average molecular weight is 641 g/mol. The van der Waals surface area contributed by atoms with Crippen molar-refractivity contribution < 1.29 is 28.7 Å². The number of likely N-dealkylation sites (tertiary alicyclic amines) is 1. The van der Waals surface area contributed by atoms with Gasteiger partial charge in [-0.15, -0.1) is 0 Å². The first-order valence-electron chi connectivity index (χ1n) is 11.2. The molecule has 0 radical (unpaired) electrons. The molecule has 188 valence electrons. The van der Waals surface area contributed by atoms with E-state index in [9.17, 15) is 19.2 Å². The van der Waals surface area contributed by atoms with Crippen LogP contribution >= 0.6 is 46.0 Å². The number of hydrogen-bond donors (Lipinski definition) is 0. The summed E-state index contributed by atoms with van der Waals surface area (Å²) in [4.78, 5) is 53.3. The molecule has 2 saturated heterocycles. The monoisotopic (exact) mass is 640 g/mol. The Labute approximate surface area is 231 Å². The summed E-state index contributed by atoms with van der Waals surface area (Å²) in [7, 11) is 0. The standard InChI is InChI=1S/C25H22ClIN2O6S/c1-2-34-19-12-15(11-18(27)22(19)35-24(32)16-5-7-17(26)8-6-16)13-20-23(31)29(25(33)36-20)14-21(30)28-9-3-4-10-28/h5-8,11-13H,2-4,9-10,14H2,1H3/b20-13-. The van der Waals surface area contributed by atoms with Gasteiger partial charge in [0, 0.05) is 18.1 Å². The number of carbonyl (C=O) groups excluding carboxylic acids is 4. The van der Waals surface area contributed by atoms with Crippen LogP contribution in [0.5, 0.6) is 11.5 Å². The SMILES string of the molecule is CCOc1cc(/C=C2\SC(=O)N(CC(=O)N3CCCC3)C2=O)cc(I)c1OC(=O)c1ccc(Cl)cc1. The first-order chi connectivity index (χ1) is 17.3. The fraction of sp³-hybridized carbons (Fsp3) is 0.280. The molecule has 0 atom stereocenters. The summed E-state index contributed by atoms with van der Waals surface area (Å²) in [5, 5.41) is 0.0253. The van der Waals surface area contributed by atoms with E-state index in [-0.39, 0.29) is 23.1 Å². The summed E-state index contributed by atoms with van der Waals surface area (Å²) in [6, 6.07) is 9.69. The van der Waals surface area contributed by atoms with Crippen LogP contribution in [0.2, 0.25) is 5.02 Å². The Balaban J connectivity index is 1.54. The third kappa shape index (κ3) is 6.04. The lowest BCUT2D eigenvalue weighted by molar-refractivity contribution is -0.135. The second-order valence-electron chi connectivity index (χ2n) is 8.02. The van der Waals surface area contributed by atoms with E-state index >= 15 is 0 Å². The Morgan fingerprint density at radius 3 is 2.50 bits per heavy atom. The molecule has 36 heavy (non-hydrogen) atoms. The summed E-state index contributed by atoms with van der Waals surface area (Å²) >= 11 is 8.70. The van der Waals surface area contributed by atoms with Gasteiger partial charge in [0.05, 0.1) is 20.6 Å². The zero-order chi connectivity index (χ0) is 25.8. The van der Waals surface area contributed by atoms with Gasteiger partial charge in [-0.25, -0.2) is 4.79 Å². The van der Waals surface area contributed by atoms with E-state index in [0.29, 0.717) is 45.2 Å². The van der Waals surface area contributed by atoms with Crippen LogP contribution in [0.15, 0.2) is 41.3 Å². The summed E-state index contributed by atoms with van der Waals surface area (Å²) in [5.41, 5.74) is 0.921. The summed E-state index contributed by atoms with van der Waals surface area (Å²) < 4.78 is 11.9. The zero-order valence-electron chi connectivity index (χ0n) is 19.3. The van der Waals surface area contributed by atoms with Crippen molar-refractivity contribution >= 4 is 75.1 Å². The maximum Gasteiger partial charge on any atom is 0.343 e. The quantitative estimate of drug-likeness (QED) is 0.177. The van der Waals surface area contributed by atoms with Gasteiger partial charge in [-0.05, 0) is 102 Å². The van der Waals surface area contributed by atoms with Crippen molar-refractivity contribution in [2.24, 2.45) is 0 Å². The first kappa shape index (κ1) is 26.5. The molecule has 8 nitrogen and oxygen atoms in total. The highest BCUT2D eigenvalue weighted by atomic mass is 127. The minimum absolute atomic E-state index is 0.207. The highest BCUT2D eigenvalue weighted by molar-refractivity contribution is 14.1. The molecule has 2 aliphatic rings. The van der Waals surface area contributed by atoms with E-state index in [0.717, 1.165) is 29.5 Å². The molecule has 11 heteroatoms. The van der Waals surface area contributed by atoms with Crippen molar-refractivity contribution in [2.45, 2.75) is 19.8 Å². The van der Waals surface area contributed by atoms with Crippen LogP contribution in [-0.2, 0) is 9.59 Å². The average Bonchev–Trinajstić information content (AvgIpc) is 3.47. The van der Waals surface area contributed by atoms with E-state index < -0.39 is 17.1 Å². The molecule has 2 fully saturated rings. The molecule has 0 aromatic heterocycles. The van der Waals surface area contributed by atoms with Gasteiger partial charge in [0.15, 0.2) is 11.5 Å². The van der Waals surface area contributed by atoms with Crippen LogP contribution in [0.3, 0.4) is 0 Å². The number of amides is 3. The van der Waals surface area contributed by atoms with Crippen LogP contribution < -0.4 is 9.47 Å². The number of thioether (sulfide) groups is 1. The molecule has 4 rings (SSSR count). The lowest BCUT2D eigenvalue weighted by Gasteiger charge is -2.18. The number of imide groups is 1. The fourth-order valence-corrected chi connectivity index (χ4v) is 5.46. The van der Waals surface area contributed by atoms with Crippen LogP contribution in [0.25, 0.3) is 6.08 Å². The summed E-state index contributed by atoms with van der Waals surface area (Å²) in [6.45, 7) is 3.16. The van der Waals surface area contributed by atoms with Crippen LogP contribution in [0.1, 0.15) is 35.7 Å². The van der Waals surface area contributed by atoms with Gasteiger partial charge in [0.1, 0.15) is 6.54 Å². The van der Waals surface area contributed by atoms with Gasteiger partial charge in [-0.2, -0.15) is 0 Å². The molecule has 0 spiro atoms. The van der Waals surface area contributed by atoms with E-state index in [1.165, 1.54) is 0 Å². The Bertz CT molecular complexity index is 1240. The summed E-state index contributed by atoms with van der Waals surface area (Å²) in [5.74, 6) is -0.734. The molecule has 3 amide bonds. The highest BCUT2D eigenvalue weighted by Gasteiger charge is 2.37. The molecule has 2 aromatic rings. The van der Waals surface area contributed by atoms with E-state index in [1.807, 2.05) is 22.6 Å². The lowest BCUT2D eigenvalue weighted by Crippen LogP contribution is -2.40. The fourth-order valence-electron chi connectivity index (χ4n) is 3.76. The molecular weight excluding hydrogens is 619 g/mol. The molecule has 2 aromatic carbocycles. The molecule has 0 N–H and O–H groups in total. The molecule has 0 aliphatic carbocycles. The first-order valence-corrected chi connectivity index (χ1v) is 13.5. The van der Waals surface area contributed by atoms with Crippen molar-refractivity contribution in [1.82, 2.24) is 9.80 Å². The number of carbonyl (C=O) groups is 4. The van der Waals surface area contributed by atoms with Gasteiger partial charge in [0.2, 0.25) is 5.91 Å². The largest absolute Gasteiger partial charge is 0.490 e. The van der Waals surface area contributed by atoms with Crippen molar-refractivity contribution in [3.8, 4) is 11.5 Å². The minimum Gasteiger partial charge on any atom is -0.490 e. The number of ether oxygens (including phenoxy) is 2. The number of nitrogens with zero attached hydrogens (tertiary/aromatic N) is 2. The van der Waals surface area contributed by atoms with Gasteiger partial charge in [-0.3, -0.25) is 19.3 Å². The van der Waals surface area contributed by atoms with Crippen molar-refractivity contribution in [3.63, 3.8) is 0 Å². The number of halogens is 2. The molecule has 0 bridgehead atoms. The Hall–Kier alpha value is -2.57. The third-order valence-corrected chi connectivity index (χ3v) is 7.49. The number of hydrogen-bond acceptors (Lipinski definition) is 7. The third-order valence-electron chi connectivity index (χ3n) is 5.53. The second-order valence-corrected chi connectivity index (χ2v) is 10.6. The highest BCUT2D eigenvalue weighted by Crippen LogP contribution is 2.38. The van der Waals surface area contributed by atoms with Crippen molar-refractivity contribution in [3.05, 3.63) is 61.0 Å². The predicted molar refractivity (Wildman–Crippen MR) is 145 cm³/mol. The van der Waals surface area contributed by atoms with Crippen LogP contribution in [0.4, 0.5) is 4.79 Å². The van der Waals surface area contributed by atoms with Gasteiger partial charge < -0.3 is 14.4 Å². The second kappa shape index (κ2) is 11.7. The Morgan fingerprint density at radius 1 is 1.14 bits per heavy atom. The molecule has 0 saturated carbocycles. The number of rotatable bonds is 7. The van der Waals surface area contributed by atoms with Crippen LogP contribution in [0, 0.1) is 3.57 Å². The Morgan fingerprint density at radius 2 is 1.83 bits per heavy atom. The topological polar surface area (TPSA) is 93.2 Å². The van der Waals surface area contributed by atoms with Gasteiger partial charge in [0.25, 0.3) is 11.1 Å². The maximum absolute atomic E-state index is 12.9. The van der Waals surface area contributed by atoms with Gasteiger partial charge >= 0.3 is 5.97 Å².